The van der Waals surface area contributed by atoms with E-state index in [-0.39, 0.29) is 10.7 Å². The third-order valence-electron chi connectivity index (χ3n) is 2.77. The van der Waals surface area contributed by atoms with Gasteiger partial charge in [-0.15, -0.1) is 0 Å². The first kappa shape index (κ1) is 16.1. The Hall–Kier alpha value is -2.28. The van der Waals surface area contributed by atoms with Gasteiger partial charge in [0.1, 0.15) is 0 Å². The first-order valence-electron chi connectivity index (χ1n) is 6.42. The average molecular weight is 320 g/mol. The van der Waals surface area contributed by atoms with Gasteiger partial charge in [-0.3, -0.25) is 14.4 Å². The van der Waals surface area contributed by atoms with Crippen LogP contribution in [0.1, 0.15) is 23.0 Å². The highest BCUT2D eigenvalue weighted by Crippen LogP contribution is 2.23. The van der Waals surface area contributed by atoms with Gasteiger partial charge in [-0.1, -0.05) is 18.2 Å². The molecule has 0 aliphatic heterocycles. The van der Waals surface area contributed by atoms with Crippen molar-refractivity contribution in [3.05, 3.63) is 58.0 Å². The van der Waals surface area contributed by atoms with Crippen LogP contribution in [0.25, 0.3) is 0 Å². The Bertz CT molecular complexity index is 774. The van der Waals surface area contributed by atoms with Crippen LogP contribution < -0.4 is 5.56 Å². The lowest BCUT2D eigenvalue weighted by Gasteiger charge is -2.11. The van der Waals surface area contributed by atoms with E-state index in [4.69, 9.17) is 0 Å². The van der Waals surface area contributed by atoms with E-state index in [1.165, 1.54) is 6.07 Å². The summed E-state index contributed by atoms with van der Waals surface area (Å²) in [6.45, 7) is 2.65. The smallest absolute Gasteiger partial charge is 0.266 e. The molecule has 1 aromatic heterocycles. The van der Waals surface area contributed by atoms with Gasteiger partial charge in [-0.2, -0.15) is 0 Å². The van der Waals surface area contributed by atoms with Crippen molar-refractivity contribution < 1.29 is 14.0 Å². The molecule has 0 aliphatic rings. The number of ketones is 1. The second kappa shape index (κ2) is 6.65. The molecule has 7 heteroatoms. The maximum atomic E-state index is 13.7. The molecule has 0 spiro atoms. The van der Waals surface area contributed by atoms with Gasteiger partial charge < -0.3 is 0 Å². The van der Waals surface area contributed by atoms with E-state index in [9.17, 15) is 18.8 Å². The highest BCUT2D eigenvalue weighted by molar-refractivity contribution is 8.00. The number of carbonyl (C=O) groups is 2. The van der Waals surface area contributed by atoms with Gasteiger partial charge in [0.05, 0.1) is 0 Å². The molecular formula is C15H13FN2O3S. The minimum atomic E-state index is -1.89. The molecule has 5 nitrogen and oxygen atoms in total. The number of aryl methyl sites for hydroxylation is 1. The fraction of sp³-hybridized carbons (Fsp3) is 0.200. The van der Waals surface area contributed by atoms with Crippen molar-refractivity contribution in [2.45, 2.75) is 24.5 Å². The van der Waals surface area contributed by atoms with Crippen LogP contribution in [-0.2, 0) is 4.79 Å². The number of halogens is 1. The van der Waals surface area contributed by atoms with Crippen molar-refractivity contribution >= 4 is 23.5 Å². The molecule has 0 saturated carbocycles. The summed E-state index contributed by atoms with van der Waals surface area (Å²) in [7, 11) is 0. The van der Waals surface area contributed by atoms with Crippen LogP contribution in [0.3, 0.4) is 0 Å². The lowest BCUT2D eigenvalue weighted by atomic mass is 10.2. The van der Waals surface area contributed by atoms with Crippen LogP contribution in [0.2, 0.25) is 0 Å². The summed E-state index contributed by atoms with van der Waals surface area (Å²) >= 11 is 0.444. The van der Waals surface area contributed by atoms with Gasteiger partial charge in [0, 0.05) is 17.3 Å². The van der Waals surface area contributed by atoms with E-state index in [1.807, 2.05) is 0 Å². The molecule has 1 unspecified atom stereocenters. The Labute approximate surface area is 130 Å². The quantitative estimate of drug-likeness (QED) is 0.638. The first-order valence-corrected chi connectivity index (χ1v) is 7.29. The number of benzene rings is 1. The fourth-order valence-electron chi connectivity index (χ4n) is 1.72. The Kier molecular flexibility index (Phi) is 4.87. The van der Waals surface area contributed by atoms with Crippen molar-refractivity contribution in [2.75, 3.05) is 0 Å². The Morgan fingerprint density at radius 1 is 1.27 bits per heavy atom. The summed E-state index contributed by atoms with van der Waals surface area (Å²) in [5.74, 6) is -1.32. The number of Topliss-reactive ketones (excluding diaryl/α,β-unsaturated/α-hetero) is 1. The van der Waals surface area contributed by atoms with Crippen LogP contribution in [0, 0.1) is 6.92 Å². The summed E-state index contributed by atoms with van der Waals surface area (Å²) in [6.07, 6.45) is 0. The maximum absolute atomic E-state index is 13.7. The largest absolute Gasteiger partial charge is 0.296 e. The summed E-state index contributed by atoms with van der Waals surface area (Å²) < 4.78 is 14.4. The van der Waals surface area contributed by atoms with Crippen molar-refractivity contribution in [3.8, 4) is 0 Å². The molecule has 2 aromatic rings. The molecule has 0 N–H and O–H groups in total. The highest BCUT2D eigenvalue weighted by Gasteiger charge is 2.22. The van der Waals surface area contributed by atoms with Crippen LogP contribution in [0.15, 0.2) is 46.3 Å². The number of nitrogens with zero attached hydrogens (tertiary/aromatic N) is 2. The third-order valence-corrected chi connectivity index (χ3v) is 3.79. The van der Waals surface area contributed by atoms with Gasteiger partial charge in [0.15, 0.2) is 10.9 Å². The van der Waals surface area contributed by atoms with Crippen molar-refractivity contribution in [2.24, 2.45) is 0 Å². The number of hydrogen-bond acceptors (Lipinski definition) is 5. The van der Waals surface area contributed by atoms with Gasteiger partial charge >= 0.3 is 0 Å². The molecular weight excluding hydrogens is 307 g/mol. The van der Waals surface area contributed by atoms with Crippen molar-refractivity contribution in [1.29, 1.82) is 0 Å². The molecule has 0 bridgehead atoms. The molecule has 0 amide bonds. The lowest BCUT2D eigenvalue weighted by molar-refractivity contribution is -0.118. The minimum absolute atomic E-state index is 0.137. The fourth-order valence-corrected chi connectivity index (χ4v) is 2.55. The number of carbonyl (C=O) groups excluding carboxylic acids is 2. The molecule has 22 heavy (non-hydrogen) atoms. The number of aromatic nitrogens is 2. The minimum Gasteiger partial charge on any atom is -0.296 e. The third kappa shape index (κ3) is 3.48. The predicted molar refractivity (Wildman–Crippen MR) is 80.8 cm³/mol. The maximum Gasteiger partial charge on any atom is 0.266 e. The van der Waals surface area contributed by atoms with E-state index in [0.29, 0.717) is 17.5 Å². The zero-order valence-corrected chi connectivity index (χ0v) is 12.8. The summed E-state index contributed by atoms with van der Waals surface area (Å²) in [5.41, 5.74) is -1.88. The standard InChI is InChI=1S/C15H13FN2O3S/c1-9-8-12(20)18(14(21)11-6-4-3-5-7-11)15(17-9)22-13(16)10(2)19/h3-8,13H,1-2H3. The zero-order chi connectivity index (χ0) is 16.3. The summed E-state index contributed by atoms with van der Waals surface area (Å²) in [5, 5.41) is -0.137. The molecule has 0 radical (unpaired) electrons. The van der Waals surface area contributed by atoms with E-state index >= 15 is 0 Å². The number of alkyl halides is 1. The average Bonchev–Trinajstić information content (AvgIpc) is 2.47. The van der Waals surface area contributed by atoms with Gasteiger partial charge in [0.25, 0.3) is 11.5 Å². The molecule has 2 rings (SSSR count). The topological polar surface area (TPSA) is 69.0 Å². The normalized spacial score (nSPS) is 12.0. The first-order chi connectivity index (χ1) is 10.4. The van der Waals surface area contributed by atoms with E-state index in [1.54, 1.807) is 37.3 Å². The van der Waals surface area contributed by atoms with Crippen molar-refractivity contribution in [3.63, 3.8) is 0 Å². The van der Waals surface area contributed by atoms with Crippen LogP contribution in [0.5, 0.6) is 0 Å². The van der Waals surface area contributed by atoms with Crippen LogP contribution in [0.4, 0.5) is 4.39 Å². The van der Waals surface area contributed by atoms with Gasteiger partial charge in [-0.05, 0) is 37.7 Å². The molecule has 0 saturated heterocycles. The van der Waals surface area contributed by atoms with Crippen molar-refractivity contribution in [1.82, 2.24) is 9.55 Å². The number of thioether (sulfide) groups is 1. The van der Waals surface area contributed by atoms with E-state index < -0.39 is 22.8 Å². The Morgan fingerprint density at radius 3 is 2.50 bits per heavy atom. The summed E-state index contributed by atoms with van der Waals surface area (Å²) in [4.78, 5) is 39.7. The van der Waals surface area contributed by atoms with Gasteiger partial charge in [-0.25, -0.2) is 13.9 Å². The molecule has 114 valence electrons. The monoisotopic (exact) mass is 320 g/mol. The Morgan fingerprint density at radius 2 is 1.91 bits per heavy atom. The predicted octanol–water partition coefficient (Wildman–Crippen LogP) is 2.22. The highest BCUT2D eigenvalue weighted by atomic mass is 32.2. The Balaban J connectivity index is 2.52. The molecule has 0 aliphatic carbocycles. The van der Waals surface area contributed by atoms with E-state index in [2.05, 4.69) is 4.98 Å². The number of rotatable bonds is 4. The molecule has 1 atom stereocenters. The zero-order valence-electron chi connectivity index (χ0n) is 11.9. The summed E-state index contributed by atoms with van der Waals surface area (Å²) in [6, 6.07) is 9.31. The molecule has 1 aromatic carbocycles. The van der Waals surface area contributed by atoms with Gasteiger partial charge in [0.2, 0.25) is 5.50 Å². The SMILES string of the molecule is CC(=O)C(F)Sc1nc(C)cc(=O)n1C(=O)c1ccccc1. The van der Waals surface area contributed by atoms with Crippen LogP contribution >= 0.6 is 11.8 Å². The lowest BCUT2D eigenvalue weighted by Crippen LogP contribution is -2.30. The second-order valence-corrected chi connectivity index (χ2v) is 5.58. The second-order valence-electron chi connectivity index (χ2n) is 4.57. The molecule has 1 heterocycles. The van der Waals surface area contributed by atoms with Crippen LogP contribution in [-0.4, -0.2) is 26.7 Å². The molecule has 0 fully saturated rings. The van der Waals surface area contributed by atoms with E-state index in [0.717, 1.165) is 11.5 Å². The number of hydrogen-bond donors (Lipinski definition) is 0.